The number of allylic oxidation sites excluding steroid dienone is 1. The van der Waals surface area contributed by atoms with Crippen LogP contribution in [-0.2, 0) is 19.0 Å². The molecule has 2 saturated carbocycles. The van der Waals surface area contributed by atoms with E-state index in [0.29, 0.717) is 5.92 Å². The molecule has 0 radical (unpaired) electrons. The number of fused-ring (bicyclic) bond motifs is 1. The van der Waals surface area contributed by atoms with E-state index >= 15 is 0 Å². The van der Waals surface area contributed by atoms with Crippen LogP contribution in [0.3, 0.4) is 0 Å². The number of ether oxygens (including phenoxy) is 3. The summed E-state index contributed by atoms with van der Waals surface area (Å²) in [4.78, 5) is 12.1. The van der Waals surface area contributed by atoms with Gasteiger partial charge in [-0.25, -0.2) is 0 Å². The van der Waals surface area contributed by atoms with Crippen molar-refractivity contribution in [3.8, 4) is 0 Å². The van der Waals surface area contributed by atoms with Crippen LogP contribution in [0.1, 0.15) is 58.8 Å². The van der Waals surface area contributed by atoms with Gasteiger partial charge in [0.25, 0.3) is 0 Å². The van der Waals surface area contributed by atoms with Crippen LogP contribution >= 0.6 is 0 Å². The molecule has 0 spiro atoms. The zero-order valence-corrected chi connectivity index (χ0v) is 17.1. The predicted molar refractivity (Wildman–Crippen MR) is 103 cm³/mol. The van der Waals surface area contributed by atoms with Gasteiger partial charge in [0, 0.05) is 14.2 Å². The largest absolute Gasteiger partial charge is 0.481 e. The Bertz CT molecular complexity index is 626. The third kappa shape index (κ3) is 3.50. The standard InChI is InChI=1S/C22H34O5/c1-14-7-10-17-21(2,11-6-12-22(17,3)20(23)24)16(14)9-8-15-13-18(25-4)27-19(15)26-5/h13,16-19H,1,6-12H2,2-5H3,(H,23,24)/t16-,17+,18?,19?,21+,22-/m0/s1. The van der Waals surface area contributed by atoms with Gasteiger partial charge in [0.1, 0.15) is 0 Å². The Hall–Kier alpha value is -1.17. The summed E-state index contributed by atoms with van der Waals surface area (Å²) in [5, 5.41) is 9.95. The Kier molecular flexibility index (Phi) is 5.85. The minimum Gasteiger partial charge on any atom is -0.481 e. The molecule has 2 unspecified atom stereocenters. The highest BCUT2D eigenvalue weighted by atomic mass is 16.8. The van der Waals surface area contributed by atoms with E-state index in [2.05, 4.69) is 13.5 Å². The van der Waals surface area contributed by atoms with Crippen molar-refractivity contribution >= 4 is 5.97 Å². The number of methoxy groups -OCH3 is 2. The van der Waals surface area contributed by atoms with E-state index in [1.165, 1.54) is 5.57 Å². The summed E-state index contributed by atoms with van der Waals surface area (Å²) in [5.41, 5.74) is 1.75. The summed E-state index contributed by atoms with van der Waals surface area (Å²) in [6.07, 6.45) is 7.79. The summed E-state index contributed by atoms with van der Waals surface area (Å²) >= 11 is 0. The van der Waals surface area contributed by atoms with Crippen molar-refractivity contribution < 1.29 is 24.1 Å². The molecule has 2 aliphatic carbocycles. The summed E-state index contributed by atoms with van der Waals surface area (Å²) in [5.74, 6) is -0.111. The van der Waals surface area contributed by atoms with E-state index in [0.717, 1.165) is 50.5 Å². The monoisotopic (exact) mass is 378 g/mol. The van der Waals surface area contributed by atoms with E-state index in [-0.39, 0.29) is 23.9 Å². The zero-order chi connectivity index (χ0) is 19.8. The summed E-state index contributed by atoms with van der Waals surface area (Å²) < 4.78 is 16.4. The highest BCUT2D eigenvalue weighted by Crippen LogP contribution is 2.62. The van der Waals surface area contributed by atoms with Crippen LogP contribution in [0.15, 0.2) is 23.8 Å². The molecule has 2 fully saturated rings. The van der Waals surface area contributed by atoms with Crippen LogP contribution in [-0.4, -0.2) is 37.9 Å². The number of carboxylic acid groups (broad SMARTS) is 1. The molecular weight excluding hydrogens is 344 g/mol. The predicted octanol–water partition coefficient (Wildman–Crippen LogP) is 4.53. The number of rotatable bonds is 6. The summed E-state index contributed by atoms with van der Waals surface area (Å²) in [6.45, 7) is 8.65. The Balaban J connectivity index is 1.80. The summed E-state index contributed by atoms with van der Waals surface area (Å²) in [7, 11) is 3.27. The maximum atomic E-state index is 12.1. The van der Waals surface area contributed by atoms with Crippen LogP contribution in [0, 0.1) is 22.7 Å². The molecule has 5 heteroatoms. The van der Waals surface area contributed by atoms with Crippen molar-refractivity contribution in [2.45, 2.75) is 71.4 Å². The van der Waals surface area contributed by atoms with Gasteiger partial charge in [-0.3, -0.25) is 4.79 Å². The molecular formula is C22H34O5. The van der Waals surface area contributed by atoms with E-state index in [9.17, 15) is 9.90 Å². The number of aliphatic carboxylic acids is 1. The van der Waals surface area contributed by atoms with E-state index in [4.69, 9.17) is 14.2 Å². The van der Waals surface area contributed by atoms with Crippen molar-refractivity contribution in [1.82, 2.24) is 0 Å². The van der Waals surface area contributed by atoms with Gasteiger partial charge >= 0.3 is 5.97 Å². The molecule has 0 amide bonds. The first kappa shape index (κ1) is 20.6. The highest BCUT2D eigenvalue weighted by Gasteiger charge is 2.57. The SMILES string of the molecule is C=C1CC[C@@H]2[C@](C)(CCC[C@]2(C)C(=O)O)[C@H]1CCC1=CC(OC)OC1OC. The molecule has 3 aliphatic rings. The third-order valence-electron chi connectivity index (χ3n) is 7.59. The molecule has 0 aromatic rings. The molecule has 0 aromatic heterocycles. The van der Waals surface area contributed by atoms with Crippen LogP contribution in [0.5, 0.6) is 0 Å². The molecule has 6 atom stereocenters. The quantitative estimate of drug-likeness (QED) is 0.688. The minimum absolute atomic E-state index is 0.00995. The van der Waals surface area contributed by atoms with Gasteiger partial charge in [-0.1, -0.05) is 25.5 Å². The fraction of sp³-hybridized carbons (Fsp3) is 0.773. The number of carboxylic acids is 1. The minimum atomic E-state index is -0.640. The Morgan fingerprint density at radius 2 is 2.07 bits per heavy atom. The van der Waals surface area contributed by atoms with Gasteiger partial charge in [0.05, 0.1) is 5.41 Å². The second kappa shape index (κ2) is 7.69. The van der Waals surface area contributed by atoms with Crippen LogP contribution in [0.2, 0.25) is 0 Å². The van der Waals surface area contributed by atoms with E-state index < -0.39 is 11.4 Å². The van der Waals surface area contributed by atoms with Crippen molar-refractivity contribution in [3.05, 3.63) is 23.8 Å². The van der Waals surface area contributed by atoms with Gasteiger partial charge in [0.2, 0.25) is 0 Å². The average molecular weight is 379 g/mol. The van der Waals surface area contributed by atoms with Gasteiger partial charge in [-0.15, -0.1) is 0 Å². The highest BCUT2D eigenvalue weighted by molar-refractivity contribution is 5.75. The van der Waals surface area contributed by atoms with Crippen molar-refractivity contribution in [2.75, 3.05) is 14.2 Å². The molecule has 5 nitrogen and oxygen atoms in total. The molecule has 1 aliphatic heterocycles. The lowest BCUT2D eigenvalue weighted by atomic mass is 9.46. The third-order valence-corrected chi connectivity index (χ3v) is 7.59. The van der Waals surface area contributed by atoms with Gasteiger partial charge in [-0.05, 0) is 74.3 Å². The Labute approximate surface area is 162 Å². The smallest absolute Gasteiger partial charge is 0.309 e. The van der Waals surface area contributed by atoms with E-state index in [1.54, 1.807) is 14.2 Å². The second-order valence-corrected chi connectivity index (χ2v) is 8.97. The van der Waals surface area contributed by atoms with Gasteiger partial charge in [-0.2, -0.15) is 0 Å². The lowest BCUT2D eigenvalue weighted by Gasteiger charge is -2.57. The molecule has 3 rings (SSSR count). The molecule has 1 N–H and O–H groups in total. The topological polar surface area (TPSA) is 65.0 Å². The molecule has 27 heavy (non-hydrogen) atoms. The molecule has 0 bridgehead atoms. The molecule has 0 aromatic carbocycles. The first-order chi connectivity index (χ1) is 12.8. The van der Waals surface area contributed by atoms with Crippen LogP contribution in [0.4, 0.5) is 0 Å². The van der Waals surface area contributed by atoms with Crippen molar-refractivity contribution in [1.29, 1.82) is 0 Å². The first-order valence-corrected chi connectivity index (χ1v) is 10.1. The number of hydrogen-bond acceptors (Lipinski definition) is 4. The maximum absolute atomic E-state index is 12.1. The zero-order valence-electron chi connectivity index (χ0n) is 17.1. The maximum Gasteiger partial charge on any atom is 0.309 e. The molecule has 0 saturated heterocycles. The van der Waals surface area contributed by atoms with Crippen molar-refractivity contribution in [3.63, 3.8) is 0 Å². The number of carbonyl (C=O) groups is 1. The fourth-order valence-electron chi connectivity index (χ4n) is 6.08. The fourth-order valence-corrected chi connectivity index (χ4v) is 6.08. The Morgan fingerprint density at radius 1 is 1.33 bits per heavy atom. The van der Waals surface area contributed by atoms with Crippen LogP contribution in [0.25, 0.3) is 0 Å². The molecule has 1 heterocycles. The van der Waals surface area contributed by atoms with Crippen LogP contribution < -0.4 is 0 Å². The second-order valence-electron chi connectivity index (χ2n) is 8.97. The van der Waals surface area contributed by atoms with Gasteiger partial charge < -0.3 is 19.3 Å². The van der Waals surface area contributed by atoms with E-state index in [1.807, 2.05) is 13.0 Å². The van der Waals surface area contributed by atoms with Gasteiger partial charge in [0.15, 0.2) is 12.6 Å². The average Bonchev–Trinajstić information content (AvgIpc) is 3.03. The summed E-state index contributed by atoms with van der Waals surface area (Å²) in [6, 6.07) is 0. The normalized spacial score (nSPS) is 41.9. The Morgan fingerprint density at radius 3 is 2.70 bits per heavy atom. The van der Waals surface area contributed by atoms with Crippen molar-refractivity contribution in [2.24, 2.45) is 22.7 Å². The lowest BCUT2D eigenvalue weighted by molar-refractivity contribution is -0.177. The molecule has 152 valence electrons. The first-order valence-electron chi connectivity index (χ1n) is 10.1. The number of hydrogen-bond donors (Lipinski definition) is 1. The lowest BCUT2D eigenvalue weighted by Crippen LogP contribution is -2.53.